The van der Waals surface area contributed by atoms with Gasteiger partial charge in [-0.25, -0.2) is 9.67 Å². The normalized spacial score (nSPS) is 17.4. The Kier molecular flexibility index (Phi) is 8.65. The van der Waals surface area contributed by atoms with Gasteiger partial charge in [-0.15, -0.1) is 0 Å². The van der Waals surface area contributed by atoms with Crippen molar-refractivity contribution in [1.82, 2.24) is 25.4 Å². The van der Waals surface area contributed by atoms with Crippen LogP contribution in [-0.2, 0) is 29.0 Å². The van der Waals surface area contributed by atoms with Gasteiger partial charge in [-0.05, 0) is 32.3 Å². The molecule has 2 atom stereocenters. The van der Waals surface area contributed by atoms with Gasteiger partial charge in [-0.3, -0.25) is 4.99 Å². The summed E-state index contributed by atoms with van der Waals surface area (Å²) in [4.78, 5) is 9.25. The number of fused-ring (bicyclic) bond motifs is 1. The van der Waals surface area contributed by atoms with Gasteiger partial charge in [0.05, 0.1) is 12.6 Å². The number of nitrogens with one attached hydrogen (secondary N) is 2. The van der Waals surface area contributed by atoms with Gasteiger partial charge in [0.25, 0.3) is 0 Å². The number of rotatable bonds is 10. The molecule has 0 spiro atoms. The van der Waals surface area contributed by atoms with Gasteiger partial charge in [0, 0.05) is 39.3 Å². The molecule has 164 valence electrons. The van der Waals surface area contributed by atoms with Gasteiger partial charge in [0.15, 0.2) is 11.8 Å². The average Bonchev–Trinajstić information content (AvgIpc) is 3.16. The summed E-state index contributed by atoms with van der Waals surface area (Å²) in [5.74, 6) is 2.63. The first-order valence-corrected chi connectivity index (χ1v) is 10.8. The number of aliphatic imine (C=N–C) groups is 1. The van der Waals surface area contributed by atoms with Crippen LogP contribution in [0.5, 0.6) is 0 Å². The third-order valence-corrected chi connectivity index (χ3v) is 5.07. The number of nitrogens with zero attached hydrogens (tertiary/aromatic N) is 4. The molecule has 8 nitrogen and oxygen atoms in total. The fourth-order valence-electron chi connectivity index (χ4n) is 3.52. The highest BCUT2D eigenvalue weighted by Crippen LogP contribution is 2.16. The zero-order valence-electron chi connectivity index (χ0n) is 18.3. The summed E-state index contributed by atoms with van der Waals surface area (Å²) in [5.41, 5.74) is 1.20. The Labute approximate surface area is 179 Å². The molecular formula is C22H34N6O2. The Bertz CT molecular complexity index is 792. The minimum absolute atomic E-state index is 0.101. The van der Waals surface area contributed by atoms with Crippen LogP contribution in [0.3, 0.4) is 0 Å². The van der Waals surface area contributed by atoms with E-state index >= 15 is 0 Å². The maximum absolute atomic E-state index is 5.94. The molecular weight excluding hydrogens is 380 g/mol. The number of guanidine groups is 1. The Morgan fingerprint density at radius 3 is 2.93 bits per heavy atom. The van der Waals surface area contributed by atoms with E-state index in [2.05, 4.69) is 46.7 Å². The number of ether oxygens (including phenoxy) is 2. The largest absolute Gasteiger partial charge is 0.377 e. The zero-order chi connectivity index (χ0) is 21.2. The Balaban J connectivity index is 1.44. The molecule has 3 rings (SSSR count). The van der Waals surface area contributed by atoms with Crippen molar-refractivity contribution in [3.8, 4) is 0 Å². The second-order valence-electron chi connectivity index (χ2n) is 7.48. The first-order valence-electron chi connectivity index (χ1n) is 10.8. The van der Waals surface area contributed by atoms with Crippen molar-refractivity contribution in [2.75, 3.05) is 26.8 Å². The number of hydrogen-bond donors (Lipinski definition) is 2. The van der Waals surface area contributed by atoms with E-state index in [1.54, 1.807) is 7.11 Å². The van der Waals surface area contributed by atoms with Gasteiger partial charge in [0.1, 0.15) is 12.4 Å². The molecule has 0 aliphatic carbocycles. The van der Waals surface area contributed by atoms with Gasteiger partial charge < -0.3 is 20.1 Å². The van der Waals surface area contributed by atoms with Gasteiger partial charge in [-0.2, -0.15) is 5.10 Å². The summed E-state index contributed by atoms with van der Waals surface area (Å²) in [6.45, 7) is 7.64. The minimum atomic E-state index is 0.101. The fraction of sp³-hybridized carbons (Fsp3) is 0.591. The van der Waals surface area contributed by atoms with E-state index < -0.39 is 0 Å². The van der Waals surface area contributed by atoms with Crippen molar-refractivity contribution >= 4 is 5.96 Å². The van der Waals surface area contributed by atoms with E-state index in [1.807, 2.05) is 22.9 Å². The highest BCUT2D eigenvalue weighted by atomic mass is 16.5. The molecule has 2 N–H and O–H groups in total. The second-order valence-corrected chi connectivity index (χ2v) is 7.48. The van der Waals surface area contributed by atoms with Crippen molar-refractivity contribution < 1.29 is 9.47 Å². The van der Waals surface area contributed by atoms with Crippen molar-refractivity contribution in [3.05, 3.63) is 47.5 Å². The third-order valence-electron chi connectivity index (χ3n) is 5.07. The molecule has 2 unspecified atom stereocenters. The number of hydrogen-bond acceptors (Lipinski definition) is 5. The standard InChI is InChI=1S/C22H34N6O2/c1-4-23-22(24-13-8-14-30-17(2)18-9-6-5-7-10-18)25-19-11-12-21-26-20(16-29-3)27-28(21)15-19/h5-7,9-10,17,19H,4,8,11-16H2,1-3H3,(H2,23,24,25). The lowest BCUT2D eigenvalue weighted by Crippen LogP contribution is -2.47. The topological polar surface area (TPSA) is 85.6 Å². The van der Waals surface area contributed by atoms with Crippen LogP contribution in [0, 0.1) is 0 Å². The summed E-state index contributed by atoms with van der Waals surface area (Å²) in [6, 6.07) is 10.6. The quantitative estimate of drug-likeness (QED) is 0.353. The van der Waals surface area contributed by atoms with Crippen LogP contribution in [0.1, 0.15) is 50.0 Å². The Hall–Kier alpha value is -2.45. The van der Waals surface area contributed by atoms with Crippen LogP contribution in [0.4, 0.5) is 0 Å². The maximum atomic E-state index is 5.94. The van der Waals surface area contributed by atoms with Crippen LogP contribution in [0.15, 0.2) is 35.3 Å². The molecule has 1 aromatic heterocycles. The molecule has 2 aromatic rings. The molecule has 1 aliphatic heterocycles. The van der Waals surface area contributed by atoms with Gasteiger partial charge >= 0.3 is 0 Å². The molecule has 0 saturated heterocycles. The fourth-order valence-corrected chi connectivity index (χ4v) is 3.52. The van der Waals surface area contributed by atoms with E-state index in [9.17, 15) is 0 Å². The lowest BCUT2D eigenvalue weighted by Gasteiger charge is -2.25. The highest BCUT2D eigenvalue weighted by Gasteiger charge is 2.22. The molecule has 0 radical (unpaired) electrons. The van der Waals surface area contributed by atoms with E-state index in [1.165, 1.54) is 5.56 Å². The zero-order valence-corrected chi connectivity index (χ0v) is 18.3. The van der Waals surface area contributed by atoms with Crippen molar-refractivity contribution in [2.45, 2.75) is 58.4 Å². The lowest BCUT2D eigenvalue weighted by molar-refractivity contribution is 0.0652. The molecule has 1 aliphatic rings. The Morgan fingerprint density at radius 2 is 2.17 bits per heavy atom. The van der Waals surface area contributed by atoms with E-state index in [0.29, 0.717) is 13.2 Å². The molecule has 0 amide bonds. The van der Waals surface area contributed by atoms with Crippen molar-refractivity contribution in [2.24, 2.45) is 4.99 Å². The Morgan fingerprint density at radius 1 is 1.33 bits per heavy atom. The lowest BCUT2D eigenvalue weighted by atomic mass is 10.1. The number of benzene rings is 1. The van der Waals surface area contributed by atoms with Crippen LogP contribution in [0.25, 0.3) is 0 Å². The number of aryl methyl sites for hydroxylation is 1. The smallest absolute Gasteiger partial charge is 0.191 e. The first-order chi connectivity index (χ1) is 14.7. The van der Waals surface area contributed by atoms with Crippen molar-refractivity contribution in [1.29, 1.82) is 0 Å². The van der Waals surface area contributed by atoms with E-state index in [-0.39, 0.29) is 12.1 Å². The van der Waals surface area contributed by atoms with Crippen molar-refractivity contribution in [3.63, 3.8) is 0 Å². The molecule has 0 saturated carbocycles. The van der Waals surface area contributed by atoms with Gasteiger partial charge in [0.2, 0.25) is 0 Å². The van der Waals surface area contributed by atoms with Crippen LogP contribution >= 0.6 is 0 Å². The predicted octanol–water partition coefficient (Wildman–Crippen LogP) is 2.46. The van der Waals surface area contributed by atoms with Crippen LogP contribution in [-0.4, -0.2) is 53.6 Å². The first kappa shape index (κ1) is 22.2. The summed E-state index contributed by atoms with van der Waals surface area (Å²) in [5, 5.41) is 11.4. The molecule has 0 fully saturated rings. The predicted molar refractivity (Wildman–Crippen MR) is 117 cm³/mol. The number of methoxy groups -OCH3 is 1. The second kappa shape index (κ2) is 11.7. The monoisotopic (exact) mass is 414 g/mol. The summed E-state index contributed by atoms with van der Waals surface area (Å²) in [6.07, 6.45) is 2.89. The van der Waals surface area contributed by atoms with E-state index in [0.717, 1.165) is 56.5 Å². The van der Waals surface area contributed by atoms with Gasteiger partial charge in [-0.1, -0.05) is 30.3 Å². The maximum Gasteiger partial charge on any atom is 0.191 e. The number of aromatic nitrogens is 3. The summed E-state index contributed by atoms with van der Waals surface area (Å²) >= 11 is 0. The molecule has 8 heteroatoms. The molecule has 1 aromatic carbocycles. The SMILES string of the molecule is CCNC(=NCCCOC(C)c1ccccc1)NC1CCc2nc(COC)nn2C1. The average molecular weight is 415 g/mol. The molecule has 0 bridgehead atoms. The summed E-state index contributed by atoms with van der Waals surface area (Å²) in [7, 11) is 1.66. The highest BCUT2D eigenvalue weighted by molar-refractivity contribution is 5.80. The molecule has 30 heavy (non-hydrogen) atoms. The van der Waals surface area contributed by atoms with Crippen LogP contribution < -0.4 is 10.6 Å². The third kappa shape index (κ3) is 6.53. The molecule has 2 heterocycles. The minimum Gasteiger partial charge on any atom is -0.377 e. The summed E-state index contributed by atoms with van der Waals surface area (Å²) < 4.78 is 13.1. The van der Waals surface area contributed by atoms with Crippen LogP contribution in [0.2, 0.25) is 0 Å². The van der Waals surface area contributed by atoms with E-state index in [4.69, 9.17) is 14.5 Å².